The zero-order chi connectivity index (χ0) is 17.6. The lowest BCUT2D eigenvalue weighted by molar-refractivity contribution is 0.0601. The van der Waals surface area contributed by atoms with Crippen LogP contribution < -0.4 is 4.90 Å². The van der Waals surface area contributed by atoms with E-state index in [1.807, 2.05) is 48.5 Å². The minimum absolute atomic E-state index is 0.219. The third kappa shape index (κ3) is 3.43. The van der Waals surface area contributed by atoms with Gasteiger partial charge in [-0.3, -0.25) is 9.69 Å². The molecule has 0 aliphatic carbocycles. The van der Waals surface area contributed by atoms with Crippen LogP contribution in [0.5, 0.6) is 0 Å². The van der Waals surface area contributed by atoms with Gasteiger partial charge in [-0.05, 0) is 36.4 Å². The van der Waals surface area contributed by atoms with Gasteiger partial charge in [0.1, 0.15) is 0 Å². The third-order valence-electron chi connectivity index (χ3n) is 3.79. The highest BCUT2D eigenvalue weighted by Crippen LogP contribution is 2.30. The van der Waals surface area contributed by atoms with Crippen LogP contribution in [0, 0.1) is 0 Å². The summed E-state index contributed by atoms with van der Waals surface area (Å²) < 4.78 is 4.87. The normalized spacial score (nSPS) is 10.1. The molecular formula is C21H17NO3. The van der Waals surface area contributed by atoms with Gasteiger partial charge in [0.15, 0.2) is 0 Å². The van der Waals surface area contributed by atoms with Crippen LogP contribution in [0.15, 0.2) is 84.9 Å². The molecule has 0 spiro atoms. The number of esters is 1. The van der Waals surface area contributed by atoms with Crippen molar-refractivity contribution in [3.8, 4) is 0 Å². The highest BCUT2D eigenvalue weighted by Gasteiger charge is 2.24. The molecule has 0 aliphatic rings. The Kier molecular flexibility index (Phi) is 4.90. The van der Waals surface area contributed by atoms with Crippen molar-refractivity contribution in [1.82, 2.24) is 0 Å². The second-order valence-electron chi connectivity index (χ2n) is 5.35. The van der Waals surface area contributed by atoms with Crippen molar-refractivity contribution in [3.63, 3.8) is 0 Å². The second-order valence-corrected chi connectivity index (χ2v) is 5.35. The molecule has 0 saturated heterocycles. The van der Waals surface area contributed by atoms with Crippen molar-refractivity contribution in [2.75, 3.05) is 12.0 Å². The summed E-state index contributed by atoms with van der Waals surface area (Å²) in [5.74, 6) is -0.708. The van der Waals surface area contributed by atoms with E-state index in [2.05, 4.69) is 0 Å². The minimum Gasteiger partial charge on any atom is -0.465 e. The molecule has 0 bridgehead atoms. The molecule has 4 nitrogen and oxygen atoms in total. The first-order chi connectivity index (χ1) is 12.2. The molecule has 0 atom stereocenters. The van der Waals surface area contributed by atoms with E-state index in [1.54, 1.807) is 36.4 Å². The van der Waals surface area contributed by atoms with Crippen molar-refractivity contribution in [1.29, 1.82) is 0 Å². The van der Waals surface area contributed by atoms with Crippen LogP contribution in [0.3, 0.4) is 0 Å². The molecule has 0 saturated carbocycles. The van der Waals surface area contributed by atoms with Gasteiger partial charge >= 0.3 is 5.97 Å². The molecule has 3 rings (SSSR count). The molecule has 3 aromatic rings. The van der Waals surface area contributed by atoms with Crippen molar-refractivity contribution >= 4 is 23.3 Å². The summed E-state index contributed by atoms with van der Waals surface area (Å²) in [5.41, 5.74) is 2.02. The summed E-state index contributed by atoms with van der Waals surface area (Å²) in [6.07, 6.45) is 0. The van der Waals surface area contributed by atoms with Crippen molar-refractivity contribution in [3.05, 3.63) is 96.1 Å². The molecule has 0 aromatic heterocycles. The largest absolute Gasteiger partial charge is 0.465 e. The summed E-state index contributed by atoms with van der Waals surface area (Å²) in [5, 5.41) is 0. The number of nitrogens with zero attached hydrogens (tertiary/aromatic N) is 1. The van der Waals surface area contributed by atoms with Gasteiger partial charge in [0.05, 0.1) is 18.4 Å². The van der Waals surface area contributed by atoms with E-state index in [0.29, 0.717) is 22.5 Å². The molecule has 25 heavy (non-hydrogen) atoms. The molecule has 3 aromatic carbocycles. The van der Waals surface area contributed by atoms with E-state index in [4.69, 9.17) is 4.74 Å². The molecule has 0 fully saturated rings. The van der Waals surface area contributed by atoms with Crippen LogP contribution in [0.2, 0.25) is 0 Å². The summed E-state index contributed by atoms with van der Waals surface area (Å²) in [4.78, 5) is 26.9. The van der Waals surface area contributed by atoms with Gasteiger partial charge in [0.25, 0.3) is 5.91 Å². The van der Waals surface area contributed by atoms with E-state index in [-0.39, 0.29) is 5.91 Å². The number of carbonyl (C=O) groups excluding carboxylic acids is 2. The highest BCUT2D eigenvalue weighted by atomic mass is 16.5. The second kappa shape index (κ2) is 7.45. The first-order valence-corrected chi connectivity index (χ1v) is 7.84. The fourth-order valence-corrected chi connectivity index (χ4v) is 2.60. The smallest absolute Gasteiger partial charge is 0.339 e. The van der Waals surface area contributed by atoms with Crippen molar-refractivity contribution < 1.29 is 14.3 Å². The van der Waals surface area contributed by atoms with Gasteiger partial charge in [-0.2, -0.15) is 0 Å². The zero-order valence-electron chi connectivity index (χ0n) is 13.8. The third-order valence-corrected chi connectivity index (χ3v) is 3.79. The maximum absolute atomic E-state index is 13.2. The lowest BCUT2D eigenvalue weighted by Crippen LogP contribution is -2.27. The van der Waals surface area contributed by atoms with Gasteiger partial charge < -0.3 is 4.74 Å². The van der Waals surface area contributed by atoms with Gasteiger partial charge in [-0.1, -0.05) is 48.5 Å². The molecule has 4 heteroatoms. The number of methoxy groups -OCH3 is 1. The van der Waals surface area contributed by atoms with Gasteiger partial charge in [0.2, 0.25) is 0 Å². The quantitative estimate of drug-likeness (QED) is 0.664. The van der Waals surface area contributed by atoms with Gasteiger partial charge in [-0.25, -0.2) is 4.79 Å². The molecule has 0 unspecified atom stereocenters. The number of amides is 1. The van der Waals surface area contributed by atoms with E-state index in [0.717, 1.165) is 0 Å². The Morgan fingerprint density at radius 1 is 0.760 bits per heavy atom. The van der Waals surface area contributed by atoms with Crippen LogP contribution in [0.25, 0.3) is 0 Å². The number of ether oxygens (including phenoxy) is 1. The number of para-hydroxylation sites is 2. The molecule has 1 amide bonds. The Morgan fingerprint density at radius 3 is 1.96 bits per heavy atom. The molecule has 124 valence electrons. The van der Waals surface area contributed by atoms with Crippen LogP contribution in [0.1, 0.15) is 20.7 Å². The van der Waals surface area contributed by atoms with Crippen LogP contribution in [-0.2, 0) is 4.74 Å². The molecule has 0 radical (unpaired) electrons. The minimum atomic E-state index is -0.489. The first-order valence-electron chi connectivity index (χ1n) is 7.84. The number of anilines is 2. The SMILES string of the molecule is COC(=O)c1ccccc1N(C(=O)c1ccccc1)c1ccccc1. The molecule has 0 aliphatic heterocycles. The summed E-state index contributed by atoms with van der Waals surface area (Å²) in [7, 11) is 1.32. The number of rotatable bonds is 4. The van der Waals surface area contributed by atoms with Crippen molar-refractivity contribution in [2.24, 2.45) is 0 Å². The van der Waals surface area contributed by atoms with Gasteiger partial charge in [0, 0.05) is 11.3 Å². The average Bonchev–Trinajstić information content (AvgIpc) is 2.69. The lowest BCUT2D eigenvalue weighted by Gasteiger charge is -2.25. The predicted molar refractivity (Wildman–Crippen MR) is 97.1 cm³/mol. The van der Waals surface area contributed by atoms with E-state index in [9.17, 15) is 9.59 Å². The fraction of sp³-hybridized carbons (Fsp3) is 0.0476. The van der Waals surface area contributed by atoms with Crippen LogP contribution in [-0.4, -0.2) is 19.0 Å². The molecule has 0 heterocycles. The Balaban J connectivity index is 2.17. The van der Waals surface area contributed by atoms with Gasteiger partial charge in [-0.15, -0.1) is 0 Å². The number of carbonyl (C=O) groups is 2. The standard InChI is InChI=1S/C21H17NO3/c1-25-21(24)18-14-8-9-15-19(18)22(17-12-6-3-7-13-17)20(23)16-10-4-2-5-11-16/h2-15H,1H3. The monoisotopic (exact) mass is 331 g/mol. The summed E-state index contributed by atoms with van der Waals surface area (Å²) in [6.45, 7) is 0. The summed E-state index contributed by atoms with van der Waals surface area (Å²) >= 11 is 0. The maximum atomic E-state index is 13.2. The number of hydrogen-bond acceptors (Lipinski definition) is 3. The highest BCUT2D eigenvalue weighted by molar-refractivity contribution is 6.13. The predicted octanol–water partition coefficient (Wildman–Crippen LogP) is 4.45. The Hall–Kier alpha value is -3.40. The average molecular weight is 331 g/mol. The van der Waals surface area contributed by atoms with Crippen molar-refractivity contribution in [2.45, 2.75) is 0 Å². The van der Waals surface area contributed by atoms with Crippen LogP contribution >= 0.6 is 0 Å². The lowest BCUT2D eigenvalue weighted by atomic mass is 10.1. The molecular weight excluding hydrogens is 314 g/mol. The van der Waals surface area contributed by atoms with E-state index >= 15 is 0 Å². The Labute approximate surface area is 146 Å². The number of hydrogen-bond donors (Lipinski definition) is 0. The fourth-order valence-electron chi connectivity index (χ4n) is 2.60. The van der Waals surface area contributed by atoms with E-state index < -0.39 is 5.97 Å². The molecule has 0 N–H and O–H groups in total. The Morgan fingerprint density at radius 2 is 1.32 bits per heavy atom. The first kappa shape index (κ1) is 16.5. The van der Waals surface area contributed by atoms with Crippen LogP contribution in [0.4, 0.5) is 11.4 Å². The van der Waals surface area contributed by atoms with E-state index in [1.165, 1.54) is 12.0 Å². The number of benzene rings is 3. The Bertz CT molecular complexity index is 876. The maximum Gasteiger partial charge on any atom is 0.339 e. The summed E-state index contributed by atoms with van der Waals surface area (Å²) in [6, 6.07) is 25.1. The zero-order valence-corrected chi connectivity index (χ0v) is 13.8. The topological polar surface area (TPSA) is 46.6 Å².